The number of hydrogen-bond acceptors (Lipinski definition) is 5. The first-order chi connectivity index (χ1) is 13.1. The molecule has 1 aromatic heterocycles. The second-order valence-corrected chi connectivity index (χ2v) is 7.69. The predicted octanol–water partition coefficient (Wildman–Crippen LogP) is 4.64. The van der Waals surface area contributed by atoms with Crippen molar-refractivity contribution in [1.82, 2.24) is 9.58 Å². The summed E-state index contributed by atoms with van der Waals surface area (Å²) in [5.41, 5.74) is 5.02. The standard InChI is InChI=1S/C21H22N4OS/c1-4-11-24-14(2)12-17(15(24)3)20(26)13-27-21-23-18-8-6-5-7-16(18)19-9-10-22-25(19)21/h4-8,10,12,19H,1,9,11,13H2,2-3H3/t19-/m0/s1. The molecule has 3 heterocycles. The molecular weight excluding hydrogens is 356 g/mol. The number of rotatable bonds is 5. The molecule has 138 valence electrons. The molecule has 0 amide bonds. The van der Waals surface area contributed by atoms with E-state index >= 15 is 0 Å². The highest BCUT2D eigenvalue weighted by atomic mass is 32.2. The molecule has 0 saturated heterocycles. The molecule has 27 heavy (non-hydrogen) atoms. The quantitative estimate of drug-likeness (QED) is 0.562. The van der Waals surface area contributed by atoms with Gasteiger partial charge in [-0.25, -0.2) is 10.0 Å². The Bertz CT molecular complexity index is 973. The number of thioether (sulfide) groups is 1. The second-order valence-electron chi connectivity index (χ2n) is 6.74. The first-order valence-electron chi connectivity index (χ1n) is 9.03. The average molecular weight is 379 g/mol. The Kier molecular flexibility index (Phi) is 4.74. The molecule has 2 aliphatic heterocycles. The maximum absolute atomic E-state index is 12.8. The number of aryl methyl sites for hydroxylation is 1. The third-order valence-corrected chi connectivity index (χ3v) is 6.00. The molecule has 0 radical (unpaired) electrons. The molecule has 0 aliphatic carbocycles. The Balaban J connectivity index is 1.54. The zero-order valence-electron chi connectivity index (χ0n) is 15.6. The molecule has 0 N–H and O–H groups in total. The molecule has 5 nitrogen and oxygen atoms in total. The number of benzene rings is 1. The number of fused-ring (bicyclic) bond motifs is 3. The van der Waals surface area contributed by atoms with Crippen LogP contribution < -0.4 is 0 Å². The van der Waals surface area contributed by atoms with Crippen molar-refractivity contribution >= 4 is 34.6 Å². The monoisotopic (exact) mass is 378 g/mol. The Labute approximate surface area is 163 Å². The normalized spacial score (nSPS) is 17.5. The van der Waals surface area contributed by atoms with Crippen LogP contribution in [-0.4, -0.2) is 32.5 Å². The highest BCUT2D eigenvalue weighted by molar-refractivity contribution is 8.14. The number of Topliss-reactive ketones (excluding diaryl/α,β-unsaturated/α-hetero) is 1. The summed E-state index contributed by atoms with van der Waals surface area (Å²) in [5, 5.41) is 7.22. The van der Waals surface area contributed by atoms with Gasteiger partial charge in [-0.15, -0.1) is 6.58 Å². The zero-order chi connectivity index (χ0) is 19.0. The van der Waals surface area contributed by atoms with Gasteiger partial charge in [-0.1, -0.05) is 36.0 Å². The van der Waals surface area contributed by atoms with Crippen LogP contribution in [0.4, 0.5) is 5.69 Å². The molecule has 0 saturated carbocycles. The lowest BCUT2D eigenvalue weighted by atomic mass is 10.0. The molecule has 1 atom stereocenters. The summed E-state index contributed by atoms with van der Waals surface area (Å²) in [6.45, 7) is 8.52. The molecule has 4 rings (SSSR count). The van der Waals surface area contributed by atoms with Crippen LogP contribution in [0.15, 0.2) is 53.1 Å². The van der Waals surface area contributed by atoms with Gasteiger partial charge in [-0.3, -0.25) is 4.79 Å². The molecule has 0 spiro atoms. The minimum Gasteiger partial charge on any atom is -0.345 e. The van der Waals surface area contributed by atoms with Gasteiger partial charge in [-0.05, 0) is 26.0 Å². The number of aliphatic imine (C=N–C) groups is 1. The third-order valence-electron chi connectivity index (χ3n) is 5.06. The summed E-state index contributed by atoms with van der Waals surface area (Å²) in [7, 11) is 0. The van der Waals surface area contributed by atoms with Crippen LogP contribution in [0.5, 0.6) is 0 Å². The SMILES string of the molecule is C=CCn1c(C)cc(C(=O)CSC2=Nc3ccccc3[C@@H]3CC=NN23)c1C. The summed E-state index contributed by atoms with van der Waals surface area (Å²) < 4.78 is 2.11. The van der Waals surface area contributed by atoms with Crippen molar-refractivity contribution in [2.75, 3.05) is 5.75 Å². The lowest BCUT2D eigenvalue weighted by molar-refractivity contribution is 0.102. The summed E-state index contributed by atoms with van der Waals surface area (Å²) in [5.74, 6) is 0.461. The number of carbonyl (C=O) groups is 1. The summed E-state index contributed by atoms with van der Waals surface area (Å²) in [4.78, 5) is 17.6. The van der Waals surface area contributed by atoms with E-state index in [-0.39, 0.29) is 11.8 Å². The molecule has 0 bridgehead atoms. The van der Waals surface area contributed by atoms with Crippen LogP contribution in [0.3, 0.4) is 0 Å². The van der Waals surface area contributed by atoms with Gasteiger partial charge >= 0.3 is 0 Å². The van der Waals surface area contributed by atoms with Crippen LogP contribution in [0, 0.1) is 13.8 Å². The van der Waals surface area contributed by atoms with E-state index in [1.54, 1.807) is 0 Å². The van der Waals surface area contributed by atoms with E-state index in [9.17, 15) is 4.79 Å². The zero-order valence-corrected chi connectivity index (χ0v) is 16.4. The molecule has 6 heteroatoms. The summed E-state index contributed by atoms with van der Waals surface area (Å²) >= 11 is 1.46. The van der Waals surface area contributed by atoms with Crippen molar-refractivity contribution in [2.24, 2.45) is 10.1 Å². The van der Waals surface area contributed by atoms with Gasteiger partial charge in [0.1, 0.15) is 0 Å². The molecule has 1 aromatic carbocycles. The summed E-state index contributed by atoms with van der Waals surface area (Å²) in [6.07, 6.45) is 4.64. The number of ketones is 1. The highest BCUT2D eigenvalue weighted by Crippen LogP contribution is 2.40. The number of hydrazone groups is 1. The maximum atomic E-state index is 12.8. The average Bonchev–Trinajstić information content (AvgIpc) is 3.27. The number of aromatic nitrogens is 1. The smallest absolute Gasteiger partial charge is 0.186 e. The number of amidine groups is 1. The van der Waals surface area contributed by atoms with Crippen LogP contribution in [-0.2, 0) is 6.54 Å². The van der Waals surface area contributed by atoms with Crippen molar-refractivity contribution < 1.29 is 4.79 Å². The Morgan fingerprint density at radius 3 is 3.00 bits per heavy atom. The van der Waals surface area contributed by atoms with E-state index in [0.717, 1.165) is 34.2 Å². The van der Waals surface area contributed by atoms with E-state index in [1.807, 2.05) is 55.4 Å². The fraction of sp³-hybridized carbons (Fsp3) is 0.286. The maximum Gasteiger partial charge on any atom is 0.186 e. The Morgan fingerprint density at radius 2 is 2.19 bits per heavy atom. The van der Waals surface area contributed by atoms with Crippen LogP contribution in [0.1, 0.15) is 39.8 Å². The number of nitrogens with zero attached hydrogens (tertiary/aromatic N) is 4. The molecule has 0 unspecified atom stereocenters. The first kappa shape index (κ1) is 17.8. The minimum atomic E-state index is 0.115. The highest BCUT2D eigenvalue weighted by Gasteiger charge is 2.32. The van der Waals surface area contributed by atoms with Crippen LogP contribution >= 0.6 is 11.8 Å². The number of carbonyl (C=O) groups excluding carboxylic acids is 1. The van der Waals surface area contributed by atoms with E-state index < -0.39 is 0 Å². The van der Waals surface area contributed by atoms with Gasteiger partial charge in [0.15, 0.2) is 11.0 Å². The van der Waals surface area contributed by atoms with Crippen molar-refractivity contribution in [3.8, 4) is 0 Å². The molecular formula is C21H22N4OS. The largest absolute Gasteiger partial charge is 0.345 e. The lowest BCUT2D eigenvalue weighted by Crippen LogP contribution is -2.28. The summed E-state index contributed by atoms with van der Waals surface area (Å²) in [6, 6.07) is 10.3. The van der Waals surface area contributed by atoms with Crippen molar-refractivity contribution in [3.63, 3.8) is 0 Å². The number of allylic oxidation sites excluding steroid dienone is 1. The predicted molar refractivity (Wildman–Crippen MR) is 112 cm³/mol. The fourth-order valence-corrected chi connectivity index (χ4v) is 4.57. The van der Waals surface area contributed by atoms with Gasteiger partial charge in [0, 0.05) is 41.7 Å². The topological polar surface area (TPSA) is 50.0 Å². The Hall–Kier alpha value is -2.60. The second kappa shape index (κ2) is 7.19. The number of para-hydroxylation sites is 1. The van der Waals surface area contributed by atoms with Crippen molar-refractivity contribution in [1.29, 1.82) is 0 Å². The van der Waals surface area contributed by atoms with Crippen molar-refractivity contribution in [2.45, 2.75) is 32.9 Å². The molecule has 2 aromatic rings. The van der Waals surface area contributed by atoms with Crippen molar-refractivity contribution in [3.05, 3.63) is 65.5 Å². The van der Waals surface area contributed by atoms with Gasteiger partial charge in [0.25, 0.3) is 0 Å². The van der Waals surface area contributed by atoms with Crippen LogP contribution in [0.25, 0.3) is 0 Å². The van der Waals surface area contributed by atoms with Crippen LogP contribution in [0.2, 0.25) is 0 Å². The van der Waals surface area contributed by atoms with E-state index in [4.69, 9.17) is 4.99 Å². The van der Waals surface area contributed by atoms with Gasteiger partial charge < -0.3 is 4.57 Å². The first-order valence-corrected chi connectivity index (χ1v) is 10.0. The third kappa shape index (κ3) is 3.14. The fourth-order valence-electron chi connectivity index (χ4n) is 3.68. The Morgan fingerprint density at radius 1 is 1.37 bits per heavy atom. The van der Waals surface area contributed by atoms with Gasteiger partial charge in [0.05, 0.1) is 17.5 Å². The molecule has 0 fully saturated rings. The van der Waals surface area contributed by atoms with E-state index in [0.29, 0.717) is 12.3 Å². The lowest BCUT2D eigenvalue weighted by Gasteiger charge is -2.29. The van der Waals surface area contributed by atoms with Gasteiger partial charge in [-0.2, -0.15) is 5.10 Å². The van der Waals surface area contributed by atoms with Gasteiger partial charge in [0.2, 0.25) is 0 Å². The van der Waals surface area contributed by atoms with E-state index in [2.05, 4.69) is 22.3 Å². The number of hydrogen-bond donors (Lipinski definition) is 0. The van der Waals surface area contributed by atoms with E-state index in [1.165, 1.54) is 17.3 Å². The molecule has 2 aliphatic rings. The minimum absolute atomic E-state index is 0.115.